The Morgan fingerprint density at radius 1 is 1.62 bits per heavy atom. The van der Waals surface area contributed by atoms with Gasteiger partial charge in [-0.15, -0.1) is 0 Å². The van der Waals surface area contributed by atoms with Crippen molar-refractivity contribution in [3.8, 4) is 0 Å². The van der Waals surface area contributed by atoms with Gasteiger partial charge in [0.2, 0.25) is 0 Å². The Balaban J connectivity index is 2.77. The SMILES string of the molecule is C[C@H](CO)N(C)c1ccc(F)cn1. The van der Waals surface area contributed by atoms with E-state index in [2.05, 4.69) is 4.98 Å². The third kappa shape index (κ3) is 2.39. The van der Waals surface area contributed by atoms with Gasteiger partial charge in [-0.1, -0.05) is 0 Å². The number of anilines is 1. The average molecular weight is 184 g/mol. The molecule has 0 bridgehead atoms. The molecule has 72 valence electrons. The summed E-state index contributed by atoms with van der Waals surface area (Å²) in [6.45, 7) is 1.92. The number of rotatable bonds is 3. The molecule has 0 radical (unpaired) electrons. The van der Waals surface area contributed by atoms with E-state index >= 15 is 0 Å². The lowest BCUT2D eigenvalue weighted by Crippen LogP contribution is -2.32. The first-order chi connectivity index (χ1) is 6.15. The van der Waals surface area contributed by atoms with Gasteiger partial charge in [-0.25, -0.2) is 9.37 Å². The molecule has 0 saturated heterocycles. The summed E-state index contributed by atoms with van der Waals surface area (Å²) < 4.78 is 12.5. The third-order valence-electron chi connectivity index (χ3n) is 2.00. The number of pyridine rings is 1. The van der Waals surface area contributed by atoms with Gasteiger partial charge >= 0.3 is 0 Å². The maximum Gasteiger partial charge on any atom is 0.141 e. The molecule has 1 rings (SSSR count). The zero-order chi connectivity index (χ0) is 9.84. The smallest absolute Gasteiger partial charge is 0.141 e. The maximum atomic E-state index is 12.5. The predicted molar refractivity (Wildman–Crippen MR) is 49.1 cm³/mol. The van der Waals surface area contributed by atoms with Crippen LogP contribution in [0, 0.1) is 5.82 Å². The molecule has 0 fully saturated rings. The van der Waals surface area contributed by atoms with Crippen molar-refractivity contribution in [2.75, 3.05) is 18.6 Å². The number of hydrogen-bond donors (Lipinski definition) is 1. The highest BCUT2D eigenvalue weighted by molar-refractivity contribution is 5.37. The Morgan fingerprint density at radius 2 is 2.31 bits per heavy atom. The summed E-state index contributed by atoms with van der Waals surface area (Å²) in [5.74, 6) is 0.303. The summed E-state index contributed by atoms with van der Waals surface area (Å²) in [4.78, 5) is 5.68. The second kappa shape index (κ2) is 4.18. The van der Waals surface area contributed by atoms with E-state index < -0.39 is 0 Å². The van der Waals surface area contributed by atoms with Crippen molar-refractivity contribution in [2.45, 2.75) is 13.0 Å². The Kier molecular flexibility index (Phi) is 3.19. The van der Waals surface area contributed by atoms with Gasteiger partial charge in [-0.05, 0) is 19.1 Å². The van der Waals surface area contributed by atoms with Crippen molar-refractivity contribution in [3.05, 3.63) is 24.1 Å². The van der Waals surface area contributed by atoms with Crippen molar-refractivity contribution in [1.29, 1.82) is 0 Å². The number of aromatic nitrogens is 1. The minimum absolute atomic E-state index is 0.0158. The van der Waals surface area contributed by atoms with E-state index in [9.17, 15) is 4.39 Å². The third-order valence-corrected chi connectivity index (χ3v) is 2.00. The van der Waals surface area contributed by atoms with Crippen molar-refractivity contribution in [2.24, 2.45) is 0 Å². The van der Waals surface area contributed by atoms with Crippen LogP contribution < -0.4 is 4.90 Å². The lowest BCUT2D eigenvalue weighted by atomic mass is 10.3. The number of aliphatic hydroxyl groups excluding tert-OH is 1. The number of hydrogen-bond acceptors (Lipinski definition) is 3. The fraction of sp³-hybridized carbons (Fsp3) is 0.444. The Hall–Kier alpha value is -1.16. The van der Waals surface area contributed by atoms with Crippen molar-refractivity contribution in [3.63, 3.8) is 0 Å². The molecule has 1 atom stereocenters. The Labute approximate surface area is 76.8 Å². The lowest BCUT2D eigenvalue weighted by Gasteiger charge is -2.23. The summed E-state index contributed by atoms with van der Waals surface area (Å²) in [5.41, 5.74) is 0. The number of aliphatic hydroxyl groups is 1. The Bertz CT molecular complexity index is 263. The molecule has 1 heterocycles. The van der Waals surface area contributed by atoms with Crippen LogP contribution in [0.25, 0.3) is 0 Å². The summed E-state index contributed by atoms with van der Waals surface area (Å²) >= 11 is 0. The van der Waals surface area contributed by atoms with E-state index in [-0.39, 0.29) is 18.5 Å². The average Bonchev–Trinajstić information content (AvgIpc) is 2.17. The molecule has 0 aliphatic rings. The highest BCUT2D eigenvalue weighted by atomic mass is 19.1. The van der Waals surface area contributed by atoms with Crippen LogP contribution >= 0.6 is 0 Å². The minimum Gasteiger partial charge on any atom is -0.394 e. The lowest BCUT2D eigenvalue weighted by molar-refractivity contribution is 0.270. The summed E-state index contributed by atoms with van der Waals surface area (Å²) in [6.07, 6.45) is 1.16. The molecule has 13 heavy (non-hydrogen) atoms. The fourth-order valence-electron chi connectivity index (χ4n) is 0.925. The normalized spacial score (nSPS) is 12.6. The van der Waals surface area contributed by atoms with Crippen LogP contribution in [-0.4, -0.2) is 29.8 Å². The van der Waals surface area contributed by atoms with Gasteiger partial charge in [-0.2, -0.15) is 0 Å². The van der Waals surface area contributed by atoms with E-state index in [1.807, 2.05) is 6.92 Å². The molecule has 1 aromatic rings. The van der Waals surface area contributed by atoms with Crippen molar-refractivity contribution >= 4 is 5.82 Å². The van der Waals surface area contributed by atoms with Gasteiger partial charge in [0.15, 0.2) is 0 Å². The summed E-state index contributed by atoms with van der Waals surface area (Å²) in [6, 6.07) is 2.92. The summed E-state index contributed by atoms with van der Waals surface area (Å²) in [5, 5.41) is 8.88. The molecule has 0 aromatic carbocycles. The zero-order valence-corrected chi connectivity index (χ0v) is 7.74. The van der Waals surface area contributed by atoms with E-state index in [4.69, 9.17) is 5.11 Å². The van der Waals surface area contributed by atoms with Gasteiger partial charge in [0.05, 0.1) is 18.8 Å². The van der Waals surface area contributed by atoms with Crippen molar-refractivity contribution < 1.29 is 9.50 Å². The topological polar surface area (TPSA) is 36.4 Å². The second-order valence-corrected chi connectivity index (χ2v) is 2.98. The van der Waals surface area contributed by atoms with Crippen LogP contribution in [-0.2, 0) is 0 Å². The van der Waals surface area contributed by atoms with E-state index in [0.717, 1.165) is 6.20 Å². The van der Waals surface area contributed by atoms with Gasteiger partial charge in [0.25, 0.3) is 0 Å². The second-order valence-electron chi connectivity index (χ2n) is 2.98. The summed E-state index contributed by atoms with van der Waals surface area (Å²) in [7, 11) is 1.81. The van der Waals surface area contributed by atoms with E-state index in [0.29, 0.717) is 5.82 Å². The zero-order valence-electron chi connectivity index (χ0n) is 7.74. The molecular weight excluding hydrogens is 171 g/mol. The van der Waals surface area contributed by atoms with Gasteiger partial charge < -0.3 is 10.0 Å². The minimum atomic E-state index is -0.353. The molecule has 1 aromatic heterocycles. The molecule has 0 aliphatic carbocycles. The van der Waals surface area contributed by atoms with Crippen LogP contribution in [0.1, 0.15) is 6.92 Å². The molecule has 0 aliphatic heterocycles. The number of nitrogens with zero attached hydrogens (tertiary/aromatic N) is 2. The monoisotopic (exact) mass is 184 g/mol. The largest absolute Gasteiger partial charge is 0.394 e. The van der Waals surface area contributed by atoms with E-state index in [1.54, 1.807) is 18.0 Å². The fourth-order valence-corrected chi connectivity index (χ4v) is 0.925. The first-order valence-electron chi connectivity index (χ1n) is 4.10. The Morgan fingerprint density at radius 3 is 2.77 bits per heavy atom. The van der Waals surface area contributed by atoms with Gasteiger partial charge in [0.1, 0.15) is 11.6 Å². The first kappa shape index (κ1) is 9.92. The first-order valence-corrected chi connectivity index (χ1v) is 4.10. The maximum absolute atomic E-state index is 12.5. The quantitative estimate of drug-likeness (QED) is 0.762. The standard InChI is InChI=1S/C9H13FN2O/c1-7(6-13)12(2)9-4-3-8(10)5-11-9/h3-5,7,13H,6H2,1-2H3/t7-/m1/s1. The van der Waals surface area contributed by atoms with Crippen LogP contribution in [0.2, 0.25) is 0 Å². The van der Waals surface area contributed by atoms with Gasteiger partial charge in [0, 0.05) is 7.05 Å². The van der Waals surface area contributed by atoms with Crippen molar-refractivity contribution in [1.82, 2.24) is 4.98 Å². The number of likely N-dealkylation sites (N-methyl/N-ethyl adjacent to an activating group) is 1. The molecule has 1 N–H and O–H groups in total. The van der Waals surface area contributed by atoms with Crippen LogP contribution in [0.15, 0.2) is 18.3 Å². The van der Waals surface area contributed by atoms with Crippen LogP contribution in [0.3, 0.4) is 0 Å². The molecule has 0 unspecified atom stereocenters. The highest BCUT2D eigenvalue weighted by Gasteiger charge is 2.09. The molecule has 0 amide bonds. The van der Waals surface area contributed by atoms with E-state index in [1.165, 1.54) is 6.07 Å². The molecular formula is C9H13FN2O. The molecule has 3 nitrogen and oxygen atoms in total. The highest BCUT2D eigenvalue weighted by Crippen LogP contribution is 2.11. The van der Waals surface area contributed by atoms with Gasteiger partial charge in [-0.3, -0.25) is 0 Å². The molecule has 0 saturated carbocycles. The van der Waals surface area contributed by atoms with Crippen LogP contribution in [0.4, 0.5) is 10.2 Å². The number of halogens is 1. The molecule has 4 heteroatoms. The van der Waals surface area contributed by atoms with Crippen LogP contribution in [0.5, 0.6) is 0 Å². The predicted octanol–water partition coefficient (Wildman–Crippen LogP) is 1.04. The molecule has 0 spiro atoms.